The van der Waals surface area contributed by atoms with Crippen molar-refractivity contribution in [3.8, 4) is 0 Å². The molecule has 0 saturated carbocycles. The van der Waals surface area contributed by atoms with Gasteiger partial charge in [-0.1, -0.05) is 12.1 Å². The molecule has 0 heterocycles. The lowest BCUT2D eigenvalue weighted by Gasteiger charge is -1.97. The molecule has 0 aliphatic carbocycles. The maximum Gasteiger partial charge on any atom is 0.379 e. The first-order chi connectivity index (χ1) is 6.16. The molecule has 0 bridgehead atoms. The Morgan fingerprint density at radius 1 is 1.46 bits per heavy atom. The van der Waals surface area contributed by atoms with E-state index in [1.54, 1.807) is 0 Å². The van der Waals surface area contributed by atoms with Crippen LogP contribution >= 0.6 is 0 Å². The molecule has 13 heavy (non-hydrogen) atoms. The van der Waals surface area contributed by atoms with Gasteiger partial charge < -0.3 is 0 Å². The Hall–Kier alpha value is -1.95. The number of nitro groups is 1. The van der Waals surface area contributed by atoms with E-state index in [9.17, 15) is 14.9 Å². The van der Waals surface area contributed by atoms with Crippen LogP contribution in [0.4, 0.5) is 5.69 Å². The highest BCUT2D eigenvalue weighted by atomic mass is 17.1. The smallest absolute Gasteiger partial charge is 0.295 e. The lowest BCUT2D eigenvalue weighted by Crippen LogP contribution is -2.05. The number of para-hydroxylation sites is 1. The number of benzene rings is 1. The Bertz CT molecular complexity index is 348. The molecular weight excluding hydrogens is 178 g/mol. The van der Waals surface area contributed by atoms with Crippen molar-refractivity contribution >= 4 is 11.7 Å². The van der Waals surface area contributed by atoms with Gasteiger partial charge in [-0.2, -0.15) is 5.26 Å². The van der Waals surface area contributed by atoms with Gasteiger partial charge in [0.1, 0.15) is 5.56 Å². The molecule has 0 aliphatic rings. The molecule has 0 amide bonds. The van der Waals surface area contributed by atoms with Crippen LogP contribution in [-0.2, 0) is 4.89 Å². The van der Waals surface area contributed by atoms with Crippen LogP contribution in [0.2, 0.25) is 0 Å². The summed E-state index contributed by atoms with van der Waals surface area (Å²) >= 11 is 0. The Balaban J connectivity index is 3.19. The van der Waals surface area contributed by atoms with E-state index in [2.05, 4.69) is 4.89 Å². The molecule has 6 heteroatoms. The largest absolute Gasteiger partial charge is 0.379 e. The number of carbonyl (C=O) groups excluding carboxylic acids is 1. The SMILES string of the molecule is O=C(OO)c1ccccc1[N+](=O)[O-]. The first kappa shape index (κ1) is 9.14. The average Bonchev–Trinajstić information content (AvgIpc) is 2.16. The highest BCUT2D eigenvalue weighted by molar-refractivity contribution is 5.93. The topological polar surface area (TPSA) is 89.7 Å². The third-order valence-corrected chi connectivity index (χ3v) is 1.40. The van der Waals surface area contributed by atoms with E-state index in [0.717, 1.165) is 6.07 Å². The van der Waals surface area contributed by atoms with Crippen molar-refractivity contribution < 1.29 is 19.9 Å². The minimum absolute atomic E-state index is 0.282. The maximum atomic E-state index is 10.8. The first-order valence-electron chi connectivity index (χ1n) is 3.26. The van der Waals surface area contributed by atoms with Crippen molar-refractivity contribution in [1.29, 1.82) is 0 Å². The fourth-order valence-corrected chi connectivity index (χ4v) is 0.855. The summed E-state index contributed by atoms with van der Waals surface area (Å²) in [6.45, 7) is 0. The van der Waals surface area contributed by atoms with Crippen LogP contribution in [0.15, 0.2) is 24.3 Å². The highest BCUT2D eigenvalue weighted by Gasteiger charge is 2.20. The lowest BCUT2D eigenvalue weighted by atomic mass is 10.2. The molecule has 6 nitrogen and oxygen atoms in total. The maximum absolute atomic E-state index is 10.8. The first-order valence-corrected chi connectivity index (χ1v) is 3.26. The molecule has 1 rings (SSSR count). The zero-order chi connectivity index (χ0) is 9.84. The van der Waals surface area contributed by atoms with Crippen molar-refractivity contribution in [2.45, 2.75) is 0 Å². The van der Waals surface area contributed by atoms with Crippen molar-refractivity contribution in [3.05, 3.63) is 39.9 Å². The molecule has 0 radical (unpaired) electrons. The molecule has 0 saturated heterocycles. The van der Waals surface area contributed by atoms with Crippen LogP contribution in [0.5, 0.6) is 0 Å². The highest BCUT2D eigenvalue weighted by Crippen LogP contribution is 2.17. The Morgan fingerprint density at radius 2 is 2.08 bits per heavy atom. The van der Waals surface area contributed by atoms with E-state index in [4.69, 9.17) is 5.26 Å². The summed E-state index contributed by atoms with van der Waals surface area (Å²) in [6, 6.07) is 5.18. The lowest BCUT2D eigenvalue weighted by molar-refractivity contribution is -0.385. The number of hydrogen-bond donors (Lipinski definition) is 1. The van der Waals surface area contributed by atoms with Crippen LogP contribution in [0.1, 0.15) is 10.4 Å². The zero-order valence-electron chi connectivity index (χ0n) is 6.34. The fraction of sp³-hybridized carbons (Fsp3) is 0. The van der Waals surface area contributed by atoms with Gasteiger partial charge in [0.05, 0.1) is 4.92 Å². The van der Waals surface area contributed by atoms with E-state index in [1.165, 1.54) is 18.2 Å². The summed E-state index contributed by atoms with van der Waals surface area (Å²) in [4.78, 5) is 23.8. The van der Waals surface area contributed by atoms with Gasteiger partial charge in [-0.15, -0.1) is 0 Å². The monoisotopic (exact) mass is 183 g/mol. The van der Waals surface area contributed by atoms with E-state index < -0.39 is 16.6 Å². The molecule has 0 unspecified atom stereocenters. The van der Waals surface area contributed by atoms with Crippen LogP contribution in [-0.4, -0.2) is 16.1 Å². The van der Waals surface area contributed by atoms with Crippen molar-refractivity contribution in [2.75, 3.05) is 0 Å². The summed E-state index contributed by atoms with van der Waals surface area (Å²) in [7, 11) is 0. The standard InChI is InChI=1S/C7H5NO5/c9-7(13-12)5-3-1-2-4-6(5)8(10)11/h1-4,12H. The third-order valence-electron chi connectivity index (χ3n) is 1.40. The molecule has 68 valence electrons. The van der Waals surface area contributed by atoms with Crippen LogP contribution in [0.25, 0.3) is 0 Å². The van der Waals surface area contributed by atoms with Crippen molar-refractivity contribution in [3.63, 3.8) is 0 Å². The molecule has 1 aromatic carbocycles. The zero-order valence-corrected chi connectivity index (χ0v) is 6.34. The van der Waals surface area contributed by atoms with Crippen LogP contribution in [0, 0.1) is 10.1 Å². The van der Waals surface area contributed by atoms with Crippen LogP contribution in [0.3, 0.4) is 0 Å². The van der Waals surface area contributed by atoms with Gasteiger partial charge in [0.2, 0.25) is 0 Å². The molecular formula is C7H5NO5. The molecule has 0 aromatic heterocycles. The van der Waals surface area contributed by atoms with E-state index in [-0.39, 0.29) is 5.56 Å². The van der Waals surface area contributed by atoms with E-state index in [0.29, 0.717) is 0 Å². The summed E-state index contributed by atoms with van der Waals surface area (Å²) in [5.74, 6) is -1.15. The van der Waals surface area contributed by atoms with Gasteiger partial charge in [-0.05, 0) is 6.07 Å². The Labute approximate surface area is 72.4 Å². The molecule has 1 aromatic rings. The van der Waals surface area contributed by atoms with Gasteiger partial charge >= 0.3 is 5.97 Å². The molecule has 0 aliphatic heterocycles. The van der Waals surface area contributed by atoms with Gasteiger partial charge in [-0.25, -0.2) is 4.79 Å². The van der Waals surface area contributed by atoms with E-state index in [1.807, 2.05) is 0 Å². The van der Waals surface area contributed by atoms with E-state index >= 15 is 0 Å². The van der Waals surface area contributed by atoms with Crippen molar-refractivity contribution in [1.82, 2.24) is 0 Å². The number of nitro benzene ring substituents is 1. The number of nitrogens with zero attached hydrogens (tertiary/aromatic N) is 1. The third kappa shape index (κ3) is 1.79. The minimum atomic E-state index is -1.15. The number of hydrogen-bond acceptors (Lipinski definition) is 5. The fourth-order valence-electron chi connectivity index (χ4n) is 0.855. The summed E-state index contributed by atoms with van der Waals surface area (Å²) in [5.41, 5.74) is -0.684. The predicted molar refractivity (Wildman–Crippen MR) is 41.1 cm³/mol. The quantitative estimate of drug-likeness (QED) is 0.423. The summed E-state index contributed by atoms with van der Waals surface area (Å²) < 4.78 is 0. The Kier molecular flexibility index (Phi) is 2.56. The molecule has 0 spiro atoms. The number of rotatable bonds is 2. The Morgan fingerprint density at radius 3 is 2.62 bits per heavy atom. The average molecular weight is 183 g/mol. The summed E-state index contributed by atoms with van der Waals surface area (Å²) in [6.07, 6.45) is 0. The van der Waals surface area contributed by atoms with Gasteiger partial charge in [-0.3, -0.25) is 15.0 Å². The summed E-state index contributed by atoms with van der Waals surface area (Å²) in [5, 5.41) is 18.4. The molecule has 0 fully saturated rings. The molecule has 1 N–H and O–H groups in total. The minimum Gasteiger partial charge on any atom is -0.295 e. The van der Waals surface area contributed by atoms with Gasteiger partial charge in [0.15, 0.2) is 0 Å². The van der Waals surface area contributed by atoms with Crippen molar-refractivity contribution in [2.24, 2.45) is 0 Å². The second kappa shape index (κ2) is 3.63. The molecule has 0 atom stereocenters. The number of carbonyl (C=O) groups is 1. The van der Waals surface area contributed by atoms with Crippen LogP contribution < -0.4 is 0 Å². The normalized spacial score (nSPS) is 9.31. The second-order valence-corrected chi connectivity index (χ2v) is 2.15. The van der Waals surface area contributed by atoms with Gasteiger partial charge in [0, 0.05) is 6.07 Å². The second-order valence-electron chi connectivity index (χ2n) is 2.15. The van der Waals surface area contributed by atoms with Gasteiger partial charge in [0.25, 0.3) is 5.69 Å². The predicted octanol–water partition coefficient (Wildman–Crippen LogP) is 1.22.